The third kappa shape index (κ3) is 1.97. The van der Waals surface area contributed by atoms with Crippen LogP contribution in [0.2, 0.25) is 0 Å². The molecule has 14 heavy (non-hydrogen) atoms. The molecule has 78 valence electrons. The van der Waals surface area contributed by atoms with Crippen molar-refractivity contribution in [1.29, 1.82) is 0 Å². The maximum atomic E-state index is 10.1. The van der Waals surface area contributed by atoms with Crippen molar-refractivity contribution in [3.8, 4) is 0 Å². The Kier molecular flexibility index (Phi) is 2.98. The third-order valence-corrected chi connectivity index (χ3v) is 2.61. The highest BCUT2D eigenvalue weighted by Gasteiger charge is 2.24. The minimum absolute atomic E-state index is 0.248. The van der Waals surface area contributed by atoms with E-state index >= 15 is 0 Å². The van der Waals surface area contributed by atoms with Crippen LogP contribution >= 0.6 is 0 Å². The molecule has 0 saturated heterocycles. The highest BCUT2D eigenvalue weighted by molar-refractivity contribution is 5.41. The van der Waals surface area contributed by atoms with Crippen molar-refractivity contribution in [2.24, 2.45) is 5.73 Å². The number of rotatable bonds is 2. The molecule has 1 unspecified atom stereocenters. The molecule has 1 aromatic rings. The monoisotopic (exact) mass is 193 g/mol. The molecule has 0 heterocycles. The molecular formula is C12H19NO. The Hall–Kier alpha value is -0.860. The summed E-state index contributed by atoms with van der Waals surface area (Å²) in [5.41, 5.74) is 9.05. The van der Waals surface area contributed by atoms with Gasteiger partial charge in [-0.25, -0.2) is 0 Å². The van der Waals surface area contributed by atoms with Crippen LogP contribution in [0.15, 0.2) is 12.1 Å². The normalized spacial score (nSPS) is 15.3. The number of hydrogen-bond acceptors (Lipinski definition) is 2. The zero-order valence-corrected chi connectivity index (χ0v) is 9.39. The molecule has 0 aliphatic carbocycles. The predicted molar refractivity (Wildman–Crippen MR) is 59.3 cm³/mol. The molecule has 1 rings (SSSR count). The van der Waals surface area contributed by atoms with E-state index in [9.17, 15) is 5.11 Å². The summed E-state index contributed by atoms with van der Waals surface area (Å²) in [5, 5.41) is 10.1. The second kappa shape index (κ2) is 3.71. The van der Waals surface area contributed by atoms with Gasteiger partial charge in [0.2, 0.25) is 0 Å². The number of nitrogens with two attached hydrogens (primary N) is 1. The van der Waals surface area contributed by atoms with Gasteiger partial charge in [-0.15, -0.1) is 0 Å². The van der Waals surface area contributed by atoms with E-state index in [2.05, 4.69) is 19.1 Å². The maximum Gasteiger partial charge on any atom is 0.0995 e. The van der Waals surface area contributed by atoms with Crippen molar-refractivity contribution in [2.75, 3.05) is 6.54 Å². The van der Waals surface area contributed by atoms with E-state index in [1.807, 2.05) is 13.8 Å². The van der Waals surface area contributed by atoms with Crippen LogP contribution in [0.1, 0.15) is 29.2 Å². The molecule has 0 bridgehead atoms. The minimum Gasteiger partial charge on any atom is -0.384 e. The molecule has 0 aliphatic rings. The van der Waals surface area contributed by atoms with Crippen molar-refractivity contribution in [3.63, 3.8) is 0 Å². The maximum absolute atomic E-state index is 10.1. The van der Waals surface area contributed by atoms with Crippen LogP contribution in [0.5, 0.6) is 0 Å². The van der Waals surface area contributed by atoms with Gasteiger partial charge in [0.05, 0.1) is 5.60 Å². The third-order valence-electron chi connectivity index (χ3n) is 2.61. The van der Waals surface area contributed by atoms with Gasteiger partial charge >= 0.3 is 0 Å². The van der Waals surface area contributed by atoms with E-state index in [4.69, 9.17) is 5.73 Å². The number of aryl methyl sites for hydroxylation is 3. The lowest BCUT2D eigenvalue weighted by Crippen LogP contribution is -2.33. The van der Waals surface area contributed by atoms with Crippen molar-refractivity contribution >= 4 is 0 Å². The molecule has 0 fully saturated rings. The summed E-state index contributed by atoms with van der Waals surface area (Å²) in [5.74, 6) is 0. The van der Waals surface area contributed by atoms with Crippen molar-refractivity contribution in [2.45, 2.75) is 33.3 Å². The van der Waals surface area contributed by atoms with Gasteiger partial charge in [-0.3, -0.25) is 0 Å². The first-order chi connectivity index (χ1) is 6.38. The van der Waals surface area contributed by atoms with E-state index in [0.717, 1.165) is 16.7 Å². The first kappa shape index (κ1) is 11.2. The summed E-state index contributed by atoms with van der Waals surface area (Å²) in [6, 6.07) is 4.15. The van der Waals surface area contributed by atoms with Gasteiger partial charge in [0, 0.05) is 6.54 Å². The van der Waals surface area contributed by atoms with Crippen molar-refractivity contribution < 1.29 is 5.11 Å². The Labute approximate surface area is 85.8 Å². The van der Waals surface area contributed by atoms with E-state index < -0.39 is 5.60 Å². The van der Waals surface area contributed by atoms with Gasteiger partial charge in [0.25, 0.3) is 0 Å². The molecular weight excluding hydrogens is 174 g/mol. The Morgan fingerprint density at radius 2 is 1.64 bits per heavy atom. The summed E-state index contributed by atoms with van der Waals surface area (Å²) in [6.07, 6.45) is 0. The fraction of sp³-hybridized carbons (Fsp3) is 0.500. The van der Waals surface area contributed by atoms with E-state index in [-0.39, 0.29) is 6.54 Å². The second-order valence-corrected chi connectivity index (χ2v) is 4.25. The summed E-state index contributed by atoms with van der Waals surface area (Å²) >= 11 is 0. The molecule has 0 amide bonds. The first-order valence-corrected chi connectivity index (χ1v) is 4.89. The predicted octanol–water partition coefficient (Wildman–Crippen LogP) is 1.78. The van der Waals surface area contributed by atoms with Crippen LogP contribution in [0.4, 0.5) is 0 Å². The fourth-order valence-electron chi connectivity index (χ4n) is 2.13. The molecule has 0 radical (unpaired) electrons. The molecule has 1 aromatic carbocycles. The van der Waals surface area contributed by atoms with Crippen molar-refractivity contribution in [1.82, 2.24) is 0 Å². The molecule has 0 aromatic heterocycles. The summed E-state index contributed by atoms with van der Waals surface area (Å²) in [7, 11) is 0. The van der Waals surface area contributed by atoms with E-state index in [0.29, 0.717) is 0 Å². The van der Waals surface area contributed by atoms with Gasteiger partial charge in [-0.05, 0) is 44.4 Å². The van der Waals surface area contributed by atoms with Gasteiger partial charge in [-0.2, -0.15) is 0 Å². The summed E-state index contributed by atoms with van der Waals surface area (Å²) in [6.45, 7) is 8.09. The van der Waals surface area contributed by atoms with Crippen LogP contribution in [0, 0.1) is 20.8 Å². The Balaban J connectivity index is 3.35. The molecule has 3 N–H and O–H groups in total. The summed E-state index contributed by atoms with van der Waals surface area (Å²) in [4.78, 5) is 0. The van der Waals surface area contributed by atoms with Gasteiger partial charge in [0.1, 0.15) is 0 Å². The number of aliphatic hydroxyl groups is 1. The molecule has 0 spiro atoms. The molecule has 2 nitrogen and oxygen atoms in total. The van der Waals surface area contributed by atoms with Crippen LogP contribution in [0.25, 0.3) is 0 Å². The molecule has 1 atom stereocenters. The van der Waals surface area contributed by atoms with E-state index in [1.165, 1.54) is 5.56 Å². The lowest BCUT2D eigenvalue weighted by atomic mass is 9.87. The van der Waals surface area contributed by atoms with Crippen LogP contribution in [-0.4, -0.2) is 11.7 Å². The fourth-order valence-corrected chi connectivity index (χ4v) is 2.13. The van der Waals surface area contributed by atoms with Gasteiger partial charge < -0.3 is 10.8 Å². The second-order valence-electron chi connectivity index (χ2n) is 4.25. The average Bonchev–Trinajstić information content (AvgIpc) is 2.01. The van der Waals surface area contributed by atoms with Crippen molar-refractivity contribution in [3.05, 3.63) is 34.4 Å². The van der Waals surface area contributed by atoms with Crippen LogP contribution < -0.4 is 5.73 Å². The largest absolute Gasteiger partial charge is 0.384 e. The molecule has 0 aliphatic heterocycles. The van der Waals surface area contributed by atoms with Gasteiger partial charge in [-0.1, -0.05) is 17.7 Å². The molecule has 2 heteroatoms. The summed E-state index contributed by atoms with van der Waals surface area (Å²) < 4.78 is 0. The average molecular weight is 193 g/mol. The lowest BCUT2D eigenvalue weighted by Gasteiger charge is -2.26. The zero-order chi connectivity index (χ0) is 10.9. The van der Waals surface area contributed by atoms with Gasteiger partial charge in [0.15, 0.2) is 0 Å². The first-order valence-electron chi connectivity index (χ1n) is 4.89. The standard InChI is InChI=1S/C12H19NO/c1-8-5-9(2)11(10(3)6-8)12(4,14)7-13/h5-6,14H,7,13H2,1-4H3. The quantitative estimate of drug-likeness (QED) is 0.752. The van der Waals surface area contributed by atoms with E-state index in [1.54, 1.807) is 6.92 Å². The van der Waals surface area contributed by atoms with Crippen LogP contribution in [-0.2, 0) is 5.60 Å². The highest BCUT2D eigenvalue weighted by Crippen LogP contribution is 2.27. The smallest absolute Gasteiger partial charge is 0.0995 e. The van der Waals surface area contributed by atoms with Crippen LogP contribution in [0.3, 0.4) is 0 Å². The zero-order valence-electron chi connectivity index (χ0n) is 9.39. The SMILES string of the molecule is Cc1cc(C)c(C(C)(O)CN)c(C)c1. The number of benzene rings is 1. The highest BCUT2D eigenvalue weighted by atomic mass is 16.3. The Morgan fingerprint density at radius 3 is 2.00 bits per heavy atom. The minimum atomic E-state index is -0.915. The number of hydrogen-bond donors (Lipinski definition) is 2. The topological polar surface area (TPSA) is 46.2 Å². The Morgan fingerprint density at radius 1 is 1.21 bits per heavy atom. The Bertz CT molecular complexity index is 319. The molecule has 0 saturated carbocycles. The lowest BCUT2D eigenvalue weighted by molar-refractivity contribution is 0.0655.